The van der Waals surface area contributed by atoms with E-state index in [0.717, 1.165) is 6.54 Å². The van der Waals surface area contributed by atoms with Crippen LogP contribution in [-0.4, -0.2) is 19.3 Å². The molecule has 1 saturated carbocycles. The van der Waals surface area contributed by atoms with Crippen LogP contribution >= 0.6 is 27.3 Å². The van der Waals surface area contributed by atoms with E-state index in [2.05, 4.69) is 39.6 Å². The number of halogens is 1. The Morgan fingerprint density at radius 3 is 2.81 bits per heavy atom. The fraction of sp³-hybridized carbons (Fsp3) is 0.667. The molecule has 0 radical (unpaired) electrons. The molecule has 1 atom stereocenters. The Labute approximate surface area is 110 Å². The molecular formula is C12H18BrNOS. The highest BCUT2D eigenvalue weighted by molar-refractivity contribution is 9.10. The van der Waals surface area contributed by atoms with Gasteiger partial charge in [-0.2, -0.15) is 0 Å². The molecule has 1 unspecified atom stereocenters. The molecule has 1 fully saturated rings. The minimum absolute atomic E-state index is 0.114. The minimum atomic E-state index is 0.114. The number of hydrogen-bond donors (Lipinski definition) is 1. The molecule has 0 saturated heterocycles. The Morgan fingerprint density at radius 1 is 1.62 bits per heavy atom. The average molecular weight is 304 g/mol. The summed E-state index contributed by atoms with van der Waals surface area (Å²) >= 11 is 5.28. The van der Waals surface area contributed by atoms with E-state index in [1.165, 1.54) is 28.6 Å². The lowest BCUT2D eigenvalue weighted by Crippen LogP contribution is -2.48. The molecule has 0 spiro atoms. The van der Waals surface area contributed by atoms with Crippen molar-refractivity contribution in [1.82, 2.24) is 5.32 Å². The molecule has 2 nitrogen and oxygen atoms in total. The first-order valence-electron chi connectivity index (χ1n) is 5.68. The minimum Gasteiger partial charge on any atom is -0.377 e. The van der Waals surface area contributed by atoms with Crippen molar-refractivity contribution in [3.8, 4) is 0 Å². The van der Waals surface area contributed by atoms with E-state index in [9.17, 15) is 0 Å². The number of rotatable bonds is 5. The molecule has 1 aliphatic carbocycles. The third kappa shape index (κ3) is 2.67. The number of nitrogens with one attached hydrogen (secondary N) is 1. The Balaban J connectivity index is 1.86. The van der Waals surface area contributed by atoms with E-state index in [1.807, 2.05) is 7.11 Å². The predicted molar refractivity (Wildman–Crippen MR) is 72.0 cm³/mol. The summed E-state index contributed by atoms with van der Waals surface area (Å²) in [6.07, 6.45) is 3.68. The fourth-order valence-corrected chi connectivity index (χ4v) is 3.50. The standard InChI is InChI=1S/C12H18BrNOS/c1-9(11-6-10(13)7-16-11)14-8-12(15-2)4-3-5-12/h6-7,9,14H,3-5,8H2,1-2H3. The van der Waals surface area contributed by atoms with Gasteiger partial charge in [-0.05, 0) is 48.2 Å². The van der Waals surface area contributed by atoms with Crippen LogP contribution in [0, 0.1) is 0 Å². The van der Waals surface area contributed by atoms with Gasteiger partial charge in [0.25, 0.3) is 0 Å². The molecule has 2 rings (SSSR count). The first kappa shape index (κ1) is 12.6. The zero-order valence-electron chi connectivity index (χ0n) is 9.75. The van der Waals surface area contributed by atoms with E-state index < -0.39 is 0 Å². The molecule has 0 aromatic carbocycles. The number of methoxy groups -OCH3 is 1. The molecule has 1 heterocycles. The van der Waals surface area contributed by atoms with Crippen LogP contribution in [-0.2, 0) is 4.74 Å². The third-order valence-corrected chi connectivity index (χ3v) is 5.32. The highest BCUT2D eigenvalue weighted by Gasteiger charge is 2.36. The molecule has 0 aliphatic heterocycles. The highest BCUT2D eigenvalue weighted by Crippen LogP contribution is 2.35. The molecule has 0 bridgehead atoms. The highest BCUT2D eigenvalue weighted by atomic mass is 79.9. The van der Waals surface area contributed by atoms with Gasteiger partial charge in [-0.3, -0.25) is 0 Å². The monoisotopic (exact) mass is 303 g/mol. The van der Waals surface area contributed by atoms with Crippen LogP contribution in [0.1, 0.15) is 37.1 Å². The van der Waals surface area contributed by atoms with Gasteiger partial charge in [0.15, 0.2) is 0 Å². The third-order valence-electron chi connectivity index (χ3n) is 3.44. The van der Waals surface area contributed by atoms with Gasteiger partial charge in [-0.15, -0.1) is 11.3 Å². The zero-order valence-corrected chi connectivity index (χ0v) is 12.2. The summed E-state index contributed by atoms with van der Waals surface area (Å²) in [5, 5.41) is 5.70. The Kier molecular flexibility index (Phi) is 4.06. The van der Waals surface area contributed by atoms with Gasteiger partial charge < -0.3 is 10.1 Å². The molecule has 1 aromatic rings. The van der Waals surface area contributed by atoms with Crippen molar-refractivity contribution in [2.45, 2.75) is 37.8 Å². The van der Waals surface area contributed by atoms with Crippen LogP contribution < -0.4 is 5.32 Å². The second-order valence-electron chi connectivity index (χ2n) is 4.51. The topological polar surface area (TPSA) is 21.3 Å². The van der Waals surface area contributed by atoms with Gasteiger partial charge in [-0.25, -0.2) is 0 Å². The maximum absolute atomic E-state index is 5.60. The van der Waals surface area contributed by atoms with Crippen molar-refractivity contribution in [3.63, 3.8) is 0 Å². The number of thiophene rings is 1. The quantitative estimate of drug-likeness (QED) is 0.895. The molecular weight excluding hydrogens is 286 g/mol. The van der Waals surface area contributed by atoms with Crippen molar-refractivity contribution in [2.24, 2.45) is 0 Å². The van der Waals surface area contributed by atoms with Crippen molar-refractivity contribution >= 4 is 27.3 Å². The fourth-order valence-electron chi connectivity index (χ4n) is 2.02. The summed E-state index contributed by atoms with van der Waals surface area (Å²) in [4.78, 5) is 1.37. The predicted octanol–water partition coefficient (Wildman–Crippen LogP) is 3.73. The lowest BCUT2D eigenvalue weighted by molar-refractivity contribution is -0.0706. The molecule has 4 heteroatoms. The van der Waals surface area contributed by atoms with Crippen molar-refractivity contribution < 1.29 is 4.74 Å². The maximum atomic E-state index is 5.60. The Morgan fingerprint density at radius 2 is 2.38 bits per heavy atom. The summed E-state index contributed by atoms with van der Waals surface area (Å²) in [5.41, 5.74) is 0.114. The van der Waals surface area contributed by atoms with Crippen LogP contribution in [0.2, 0.25) is 0 Å². The summed E-state index contributed by atoms with van der Waals surface area (Å²) in [7, 11) is 1.83. The van der Waals surface area contributed by atoms with Crippen LogP contribution in [0.25, 0.3) is 0 Å². The molecule has 0 amide bonds. The number of hydrogen-bond acceptors (Lipinski definition) is 3. The molecule has 1 N–H and O–H groups in total. The molecule has 90 valence electrons. The summed E-state index contributed by atoms with van der Waals surface area (Å²) in [5.74, 6) is 0. The van der Waals surface area contributed by atoms with Crippen LogP contribution in [0.3, 0.4) is 0 Å². The SMILES string of the molecule is COC1(CNC(C)c2cc(Br)cs2)CCC1. The first-order valence-corrected chi connectivity index (χ1v) is 7.35. The average Bonchev–Trinajstić information content (AvgIpc) is 2.64. The van der Waals surface area contributed by atoms with Gasteiger partial charge in [0.1, 0.15) is 0 Å². The largest absolute Gasteiger partial charge is 0.377 e. The second-order valence-corrected chi connectivity index (χ2v) is 6.37. The van der Waals surface area contributed by atoms with E-state index in [-0.39, 0.29) is 5.60 Å². The van der Waals surface area contributed by atoms with Gasteiger partial charge >= 0.3 is 0 Å². The van der Waals surface area contributed by atoms with Gasteiger partial charge in [0, 0.05) is 34.4 Å². The van der Waals surface area contributed by atoms with Crippen LogP contribution in [0.15, 0.2) is 15.9 Å². The van der Waals surface area contributed by atoms with Gasteiger partial charge in [0.2, 0.25) is 0 Å². The van der Waals surface area contributed by atoms with Crippen molar-refractivity contribution in [1.29, 1.82) is 0 Å². The summed E-state index contributed by atoms with van der Waals surface area (Å²) in [6, 6.07) is 2.59. The first-order chi connectivity index (χ1) is 7.65. The van der Waals surface area contributed by atoms with Gasteiger partial charge in [-0.1, -0.05) is 0 Å². The lowest BCUT2D eigenvalue weighted by atomic mass is 9.80. The van der Waals surface area contributed by atoms with Gasteiger partial charge in [0.05, 0.1) is 5.60 Å². The van der Waals surface area contributed by atoms with E-state index in [4.69, 9.17) is 4.74 Å². The maximum Gasteiger partial charge on any atom is 0.0802 e. The summed E-state index contributed by atoms with van der Waals surface area (Å²) < 4.78 is 6.77. The molecule has 16 heavy (non-hydrogen) atoms. The zero-order chi connectivity index (χ0) is 11.6. The van der Waals surface area contributed by atoms with E-state index in [1.54, 1.807) is 11.3 Å². The normalized spacial score (nSPS) is 20.4. The molecule has 1 aliphatic rings. The second kappa shape index (κ2) is 5.17. The van der Waals surface area contributed by atoms with Crippen molar-refractivity contribution in [2.75, 3.05) is 13.7 Å². The van der Waals surface area contributed by atoms with Crippen molar-refractivity contribution in [3.05, 3.63) is 20.8 Å². The molecule has 1 aromatic heterocycles. The Hall–Kier alpha value is 0.1000. The summed E-state index contributed by atoms with van der Waals surface area (Å²) in [6.45, 7) is 3.17. The smallest absolute Gasteiger partial charge is 0.0802 e. The van der Waals surface area contributed by atoms with Crippen LogP contribution in [0.4, 0.5) is 0 Å². The number of ether oxygens (including phenoxy) is 1. The van der Waals surface area contributed by atoms with Crippen LogP contribution in [0.5, 0.6) is 0 Å². The van der Waals surface area contributed by atoms with E-state index >= 15 is 0 Å². The van der Waals surface area contributed by atoms with E-state index in [0.29, 0.717) is 6.04 Å². The lowest BCUT2D eigenvalue weighted by Gasteiger charge is -2.41. The Bertz CT molecular complexity index is 343.